The van der Waals surface area contributed by atoms with Crippen molar-refractivity contribution in [2.75, 3.05) is 43.6 Å². The summed E-state index contributed by atoms with van der Waals surface area (Å²) in [5.41, 5.74) is 0.454. The van der Waals surface area contributed by atoms with Crippen molar-refractivity contribution in [3.63, 3.8) is 0 Å². The summed E-state index contributed by atoms with van der Waals surface area (Å²) in [7, 11) is -0.735. The number of carbonyl (C=O) groups is 2. The zero-order chi connectivity index (χ0) is 37.4. The number of hydrogen-bond acceptors (Lipinski definition) is 10. The van der Waals surface area contributed by atoms with Gasteiger partial charge in [-0.05, 0) is 84.7 Å². The molecule has 0 saturated carbocycles. The van der Waals surface area contributed by atoms with Crippen molar-refractivity contribution in [1.29, 1.82) is 0 Å². The number of aryl methyl sites for hydroxylation is 1. The predicted molar refractivity (Wildman–Crippen MR) is 195 cm³/mol. The van der Waals surface area contributed by atoms with Crippen LogP contribution in [0.25, 0.3) is 5.57 Å². The van der Waals surface area contributed by atoms with Crippen LogP contribution >= 0.6 is 0 Å². The zero-order valence-electron chi connectivity index (χ0n) is 31.9. The van der Waals surface area contributed by atoms with Crippen molar-refractivity contribution in [2.45, 2.75) is 111 Å². The van der Waals surface area contributed by atoms with Gasteiger partial charge in [-0.15, -0.1) is 0 Å². The second-order valence-corrected chi connectivity index (χ2v) is 21.1. The molecule has 2 amide bonds. The number of ether oxygens (including phenoxy) is 4. The quantitative estimate of drug-likeness (QED) is 0.293. The highest BCUT2D eigenvalue weighted by atomic mass is 28.4. The Labute approximate surface area is 296 Å². The van der Waals surface area contributed by atoms with E-state index in [-0.39, 0.29) is 60.2 Å². The lowest BCUT2D eigenvalue weighted by molar-refractivity contribution is 0.0195. The summed E-state index contributed by atoms with van der Waals surface area (Å²) < 4.78 is 46.9. The van der Waals surface area contributed by atoms with E-state index < -0.39 is 43.6 Å². The maximum Gasteiger partial charge on any atom is 0.414 e. The van der Waals surface area contributed by atoms with E-state index in [9.17, 15) is 9.59 Å². The third kappa shape index (κ3) is 9.65. The van der Waals surface area contributed by atoms with Crippen LogP contribution in [-0.2, 0) is 13.9 Å². The molecule has 1 N–H and O–H groups in total. The molecule has 0 spiro atoms. The Morgan fingerprint density at radius 1 is 1.00 bits per heavy atom. The molecule has 2 aromatic heterocycles. The molecule has 0 radical (unpaired) electrons. The van der Waals surface area contributed by atoms with Gasteiger partial charge >= 0.3 is 12.2 Å². The van der Waals surface area contributed by atoms with Crippen molar-refractivity contribution >= 4 is 43.4 Å². The molecule has 0 fully saturated rings. The van der Waals surface area contributed by atoms with Crippen LogP contribution in [-0.4, -0.2) is 86.0 Å². The van der Waals surface area contributed by atoms with E-state index in [0.717, 1.165) is 0 Å². The lowest BCUT2D eigenvalue weighted by Crippen LogP contribution is -2.48. The fourth-order valence-corrected chi connectivity index (χ4v) is 6.51. The number of hydrogen-bond donors (Lipinski definition) is 1. The van der Waals surface area contributed by atoms with E-state index in [4.69, 9.17) is 23.4 Å². The first-order chi connectivity index (χ1) is 22.9. The third-order valence-corrected chi connectivity index (χ3v) is 13.1. The van der Waals surface area contributed by atoms with E-state index >= 15 is 4.39 Å². The molecule has 1 atom stereocenters. The van der Waals surface area contributed by atoms with E-state index in [0.29, 0.717) is 23.4 Å². The molecule has 0 aromatic carbocycles. The van der Waals surface area contributed by atoms with Gasteiger partial charge in [-0.2, -0.15) is 4.98 Å². The Balaban J connectivity index is 1.77. The summed E-state index contributed by atoms with van der Waals surface area (Å²) in [6, 6.07) is 3.34. The van der Waals surface area contributed by atoms with Gasteiger partial charge in [-0.3, -0.25) is 4.90 Å². The molecule has 50 heavy (non-hydrogen) atoms. The third-order valence-electron chi connectivity index (χ3n) is 8.54. The van der Waals surface area contributed by atoms with Gasteiger partial charge in [0.05, 0.1) is 17.4 Å². The lowest BCUT2D eigenvalue weighted by Gasteiger charge is -2.40. The second-order valence-electron chi connectivity index (χ2n) is 16.3. The number of nitrogens with one attached hydrogen (secondary N) is 1. The maximum atomic E-state index is 16.9. The van der Waals surface area contributed by atoms with Gasteiger partial charge in [-0.1, -0.05) is 26.8 Å². The van der Waals surface area contributed by atoms with Gasteiger partial charge in [0.1, 0.15) is 30.2 Å². The molecule has 0 saturated heterocycles. The van der Waals surface area contributed by atoms with Crippen molar-refractivity contribution in [3.05, 3.63) is 35.3 Å². The van der Waals surface area contributed by atoms with Crippen molar-refractivity contribution in [1.82, 2.24) is 14.9 Å². The average molecular weight is 716 g/mol. The van der Waals surface area contributed by atoms with Crippen LogP contribution in [0, 0.1) is 12.7 Å². The second kappa shape index (κ2) is 14.4. The fraction of sp³-hybridized carbons (Fsp3) is 0.611. The maximum absolute atomic E-state index is 16.9. The number of rotatable bonds is 6. The number of amides is 2. The first-order valence-corrected chi connectivity index (χ1v) is 19.9. The first-order valence-electron chi connectivity index (χ1n) is 17.0. The predicted octanol–water partition coefficient (Wildman–Crippen LogP) is 8.22. The molecule has 276 valence electrons. The highest BCUT2D eigenvalue weighted by molar-refractivity contribution is 6.74. The summed E-state index contributed by atoms with van der Waals surface area (Å²) in [5.74, 6) is -0.240. The van der Waals surface area contributed by atoms with Crippen LogP contribution in [0.5, 0.6) is 11.6 Å². The SMILES string of the molecule is Cc1cc(N(C)C(=O)OC(C)(C)C)cc(Nc2nc3c(c(C4=CCN(C(=O)OC(C)(C)C)C[C@@H](O[Si](C)(C)C(C)(C)C)C4)c2F)OCCO3)n1. The first kappa shape index (κ1) is 38.9. The zero-order valence-corrected chi connectivity index (χ0v) is 32.9. The normalized spacial score (nSPS) is 17.0. The minimum atomic E-state index is -2.33. The van der Waals surface area contributed by atoms with E-state index in [1.54, 1.807) is 51.8 Å². The number of halogens is 1. The number of carbonyl (C=O) groups excluding carboxylic acids is 2. The summed E-state index contributed by atoms with van der Waals surface area (Å²) in [6.45, 7) is 24.2. The molecule has 2 aliphatic heterocycles. The Morgan fingerprint density at radius 2 is 1.64 bits per heavy atom. The van der Waals surface area contributed by atoms with Gasteiger partial charge in [0.2, 0.25) is 0 Å². The smallest absolute Gasteiger partial charge is 0.414 e. The highest BCUT2D eigenvalue weighted by Gasteiger charge is 2.41. The van der Waals surface area contributed by atoms with E-state index in [1.807, 2.05) is 26.8 Å². The van der Waals surface area contributed by atoms with Crippen LogP contribution in [0.2, 0.25) is 18.1 Å². The van der Waals surface area contributed by atoms with Crippen molar-refractivity contribution in [2.24, 2.45) is 0 Å². The molecular weight excluding hydrogens is 662 g/mol. The highest BCUT2D eigenvalue weighted by Crippen LogP contribution is 2.44. The minimum Gasteiger partial charge on any atom is -0.484 e. The Hall–Kier alpha value is -3.91. The van der Waals surface area contributed by atoms with Crippen molar-refractivity contribution in [3.8, 4) is 11.6 Å². The molecule has 0 aliphatic carbocycles. The van der Waals surface area contributed by atoms with Gasteiger partial charge in [-0.25, -0.2) is 19.0 Å². The number of fused-ring (bicyclic) bond motifs is 1. The molecule has 2 aromatic rings. The molecule has 0 unspecified atom stereocenters. The average Bonchev–Trinajstić information content (AvgIpc) is 3.16. The molecule has 0 bridgehead atoms. The van der Waals surface area contributed by atoms with Crippen LogP contribution in [0.4, 0.5) is 31.3 Å². The Kier molecular flexibility index (Phi) is 11.2. The lowest BCUT2D eigenvalue weighted by atomic mass is 9.99. The molecule has 4 rings (SSSR count). The topological polar surface area (TPSA) is 125 Å². The van der Waals surface area contributed by atoms with E-state index in [1.165, 1.54) is 4.90 Å². The van der Waals surface area contributed by atoms with Crippen LogP contribution in [0.1, 0.15) is 80.0 Å². The summed E-state index contributed by atoms with van der Waals surface area (Å²) in [4.78, 5) is 38.1. The standard InChI is InChI=1S/C36H54FN5O7Si/c1-22-18-24(41(11)32(43)47-34(2,3)4)20-26(38-22)39-30-28(37)27(29-31(40-30)46-17-16-45-29)23-14-15-42(33(44)48-35(5,6)7)21-25(19-23)49-50(12,13)36(8,9)10/h14,18,20,25H,15-17,19,21H2,1-13H3,(H,38,39,40)/t25-/m0/s1. The van der Waals surface area contributed by atoms with Crippen LogP contribution in [0.3, 0.4) is 0 Å². The van der Waals surface area contributed by atoms with E-state index in [2.05, 4.69) is 49.1 Å². The molecule has 14 heteroatoms. The fourth-order valence-electron chi connectivity index (χ4n) is 5.16. The number of aromatic nitrogens is 2. The minimum absolute atomic E-state index is 0.105. The Morgan fingerprint density at radius 3 is 2.26 bits per heavy atom. The van der Waals surface area contributed by atoms with Crippen LogP contribution < -0.4 is 19.7 Å². The largest absolute Gasteiger partial charge is 0.484 e. The summed E-state index contributed by atoms with van der Waals surface area (Å²) in [5, 5.41) is 2.91. The number of nitrogens with zero attached hydrogens (tertiary/aromatic N) is 4. The summed E-state index contributed by atoms with van der Waals surface area (Å²) in [6.07, 6.45) is 0.643. The Bertz CT molecular complexity index is 1630. The molecule has 4 heterocycles. The monoisotopic (exact) mass is 715 g/mol. The molecule has 12 nitrogen and oxygen atoms in total. The van der Waals surface area contributed by atoms with Gasteiger partial charge in [0.25, 0.3) is 5.88 Å². The summed E-state index contributed by atoms with van der Waals surface area (Å²) >= 11 is 0. The van der Waals surface area contributed by atoms with Gasteiger partial charge in [0.15, 0.2) is 25.7 Å². The van der Waals surface area contributed by atoms with Crippen LogP contribution in [0.15, 0.2) is 18.2 Å². The van der Waals surface area contributed by atoms with Crippen molar-refractivity contribution < 1.29 is 37.4 Å². The number of pyridine rings is 2. The number of anilines is 3. The molecule has 2 aliphatic rings. The van der Waals surface area contributed by atoms with Gasteiger partial charge in [0, 0.05) is 31.9 Å². The van der Waals surface area contributed by atoms with Gasteiger partial charge < -0.3 is 33.6 Å². The molecular formula is C36H54FN5O7Si.